The highest BCUT2D eigenvalue weighted by atomic mass is 16.5. The van der Waals surface area contributed by atoms with E-state index in [-0.39, 0.29) is 12.4 Å². The van der Waals surface area contributed by atoms with Crippen LogP contribution in [0.4, 0.5) is 0 Å². The highest BCUT2D eigenvalue weighted by Crippen LogP contribution is 2.11. The van der Waals surface area contributed by atoms with Gasteiger partial charge in [0, 0.05) is 18.7 Å². The van der Waals surface area contributed by atoms with Gasteiger partial charge < -0.3 is 15.6 Å². The van der Waals surface area contributed by atoms with Crippen LogP contribution in [-0.2, 0) is 0 Å². The third kappa shape index (κ3) is 4.73. The summed E-state index contributed by atoms with van der Waals surface area (Å²) in [5, 5.41) is 16.1. The molecule has 0 atom stereocenters. The summed E-state index contributed by atoms with van der Waals surface area (Å²) >= 11 is 0. The van der Waals surface area contributed by atoms with Gasteiger partial charge in [-0.2, -0.15) is 0 Å². The summed E-state index contributed by atoms with van der Waals surface area (Å²) in [5.74, 6) is 0.821. The molecule has 0 radical (unpaired) electrons. The molecule has 5 nitrogen and oxygen atoms in total. The maximum absolute atomic E-state index is 8.85. The Hall–Kier alpha value is -1.59. The van der Waals surface area contributed by atoms with E-state index in [9.17, 15) is 0 Å². The van der Waals surface area contributed by atoms with E-state index in [0.29, 0.717) is 18.7 Å². The lowest BCUT2D eigenvalue weighted by Crippen LogP contribution is -2.30. The second kappa shape index (κ2) is 7.68. The molecule has 1 aromatic carbocycles. The minimum atomic E-state index is 0.0571. The number of ether oxygens (including phenoxy) is 1. The number of hydrogen-bond donors (Lipinski definition) is 3. The third-order valence-electron chi connectivity index (χ3n) is 2.71. The van der Waals surface area contributed by atoms with Gasteiger partial charge in [0.05, 0.1) is 6.61 Å². The van der Waals surface area contributed by atoms with Crippen molar-refractivity contribution in [1.82, 2.24) is 4.90 Å². The van der Waals surface area contributed by atoms with Gasteiger partial charge in [-0.25, -0.2) is 0 Å². The molecular weight excluding hydrogens is 230 g/mol. The molecule has 4 N–H and O–H groups in total. The van der Waals surface area contributed by atoms with Crippen LogP contribution < -0.4 is 10.5 Å². The molecule has 0 heterocycles. The van der Waals surface area contributed by atoms with Gasteiger partial charge >= 0.3 is 0 Å². The van der Waals surface area contributed by atoms with Crippen LogP contribution in [0.2, 0.25) is 0 Å². The summed E-state index contributed by atoms with van der Waals surface area (Å²) in [6.45, 7) is 5.15. The van der Waals surface area contributed by atoms with Crippen molar-refractivity contribution in [2.45, 2.75) is 6.92 Å². The number of nitrogens with zero attached hydrogens (tertiary/aromatic N) is 1. The third-order valence-corrected chi connectivity index (χ3v) is 2.71. The van der Waals surface area contributed by atoms with Gasteiger partial charge in [0.25, 0.3) is 0 Å². The normalized spacial score (nSPS) is 10.6. The number of benzene rings is 1. The molecule has 0 bridgehead atoms. The Morgan fingerprint density at radius 3 is 2.50 bits per heavy atom. The zero-order valence-electron chi connectivity index (χ0n) is 10.7. The quantitative estimate of drug-likeness (QED) is 0.468. The van der Waals surface area contributed by atoms with Crippen LogP contribution in [0, 0.1) is 5.41 Å². The molecule has 0 aliphatic carbocycles. The summed E-state index contributed by atoms with van der Waals surface area (Å²) in [7, 11) is 0. The molecular formula is C13H21N3O2. The molecule has 0 aliphatic heterocycles. The molecule has 0 saturated carbocycles. The van der Waals surface area contributed by atoms with Gasteiger partial charge in [0.15, 0.2) is 0 Å². The molecule has 0 unspecified atom stereocenters. The lowest BCUT2D eigenvalue weighted by Gasteiger charge is -2.19. The number of nitrogen functional groups attached to an aromatic ring is 1. The van der Waals surface area contributed by atoms with E-state index in [1.165, 1.54) is 0 Å². The molecule has 18 heavy (non-hydrogen) atoms. The summed E-state index contributed by atoms with van der Waals surface area (Å²) < 4.78 is 5.58. The van der Waals surface area contributed by atoms with Crippen LogP contribution >= 0.6 is 0 Å². The molecule has 0 amide bonds. The van der Waals surface area contributed by atoms with Crippen molar-refractivity contribution in [2.24, 2.45) is 5.73 Å². The van der Waals surface area contributed by atoms with Crippen molar-refractivity contribution in [3.05, 3.63) is 29.8 Å². The Kier molecular flexibility index (Phi) is 6.18. The molecule has 0 spiro atoms. The van der Waals surface area contributed by atoms with Crippen molar-refractivity contribution >= 4 is 5.84 Å². The van der Waals surface area contributed by atoms with Crippen molar-refractivity contribution < 1.29 is 9.84 Å². The predicted octanol–water partition coefficient (Wildman–Crippen LogP) is 0.664. The van der Waals surface area contributed by atoms with Crippen LogP contribution in [0.25, 0.3) is 0 Å². The van der Waals surface area contributed by atoms with Gasteiger partial charge in [-0.15, -0.1) is 0 Å². The average molecular weight is 251 g/mol. The first-order valence-electron chi connectivity index (χ1n) is 6.07. The second-order valence-corrected chi connectivity index (χ2v) is 3.94. The van der Waals surface area contributed by atoms with E-state index in [0.717, 1.165) is 18.8 Å². The Morgan fingerprint density at radius 2 is 2.00 bits per heavy atom. The SMILES string of the molecule is CCN(CCO)CCOc1ccc(C(=N)N)cc1. The minimum absolute atomic E-state index is 0.0571. The number of hydrogen-bond acceptors (Lipinski definition) is 4. The summed E-state index contributed by atoms with van der Waals surface area (Å²) in [5.41, 5.74) is 6.06. The average Bonchev–Trinajstić information content (AvgIpc) is 2.38. The number of nitrogens with one attached hydrogen (secondary N) is 1. The minimum Gasteiger partial charge on any atom is -0.492 e. The zero-order chi connectivity index (χ0) is 13.4. The highest BCUT2D eigenvalue weighted by molar-refractivity contribution is 5.94. The van der Waals surface area contributed by atoms with E-state index in [1.54, 1.807) is 24.3 Å². The molecule has 1 rings (SSSR count). The second-order valence-electron chi connectivity index (χ2n) is 3.94. The molecule has 0 aromatic heterocycles. The fraction of sp³-hybridized carbons (Fsp3) is 0.462. The zero-order valence-corrected chi connectivity index (χ0v) is 10.7. The summed E-state index contributed by atoms with van der Waals surface area (Å²) in [4.78, 5) is 2.12. The van der Waals surface area contributed by atoms with Crippen molar-refractivity contribution in [2.75, 3.05) is 32.8 Å². The molecule has 100 valence electrons. The molecule has 5 heteroatoms. The number of rotatable bonds is 8. The predicted molar refractivity (Wildman–Crippen MR) is 72.2 cm³/mol. The topological polar surface area (TPSA) is 82.6 Å². The molecule has 0 aliphatic rings. The number of nitrogens with two attached hydrogens (primary N) is 1. The van der Waals surface area contributed by atoms with E-state index in [2.05, 4.69) is 11.8 Å². The van der Waals surface area contributed by atoms with E-state index >= 15 is 0 Å². The van der Waals surface area contributed by atoms with Crippen LogP contribution in [-0.4, -0.2) is 48.7 Å². The summed E-state index contributed by atoms with van der Waals surface area (Å²) in [6.07, 6.45) is 0. The Labute approximate surface area is 108 Å². The van der Waals surface area contributed by atoms with Gasteiger partial charge in [0.1, 0.15) is 18.2 Å². The monoisotopic (exact) mass is 251 g/mol. The Morgan fingerprint density at radius 1 is 1.33 bits per heavy atom. The van der Waals surface area contributed by atoms with Crippen molar-refractivity contribution in [3.8, 4) is 5.75 Å². The standard InChI is InChI=1S/C13H21N3O2/c1-2-16(7-9-17)8-10-18-12-5-3-11(4-6-12)13(14)15/h3-6,17H,2,7-10H2,1H3,(H3,14,15). The van der Waals surface area contributed by atoms with E-state index in [1.807, 2.05) is 0 Å². The first kappa shape index (κ1) is 14.5. The highest BCUT2D eigenvalue weighted by Gasteiger charge is 2.02. The Balaban J connectivity index is 2.37. The van der Waals surface area contributed by atoms with Crippen molar-refractivity contribution in [3.63, 3.8) is 0 Å². The van der Waals surface area contributed by atoms with Gasteiger partial charge in [-0.3, -0.25) is 10.3 Å². The fourth-order valence-corrected chi connectivity index (χ4v) is 1.59. The number of aliphatic hydroxyl groups is 1. The Bertz CT molecular complexity index is 365. The van der Waals surface area contributed by atoms with Gasteiger partial charge in [-0.05, 0) is 30.8 Å². The van der Waals surface area contributed by atoms with E-state index < -0.39 is 0 Å². The van der Waals surface area contributed by atoms with E-state index in [4.69, 9.17) is 21.0 Å². The summed E-state index contributed by atoms with van der Waals surface area (Å²) in [6, 6.07) is 7.14. The fourth-order valence-electron chi connectivity index (χ4n) is 1.59. The van der Waals surface area contributed by atoms with Crippen LogP contribution in [0.3, 0.4) is 0 Å². The number of amidine groups is 1. The first-order valence-corrected chi connectivity index (χ1v) is 6.07. The lowest BCUT2D eigenvalue weighted by molar-refractivity contribution is 0.174. The van der Waals surface area contributed by atoms with Crippen LogP contribution in [0.15, 0.2) is 24.3 Å². The number of aliphatic hydroxyl groups excluding tert-OH is 1. The lowest BCUT2D eigenvalue weighted by atomic mass is 10.2. The maximum Gasteiger partial charge on any atom is 0.122 e. The maximum atomic E-state index is 8.85. The van der Waals surface area contributed by atoms with Gasteiger partial charge in [0.2, 0.25) is 0 Å². The van der Waals surface area contributed by atoms with Crippen LogP contribution in [0.1, 0.15) is 12.5 Å². The van der Waals surface area contributed by atoms with Crippen molar-refractivity contribution in [1.29, 1.82) is 5.41 Å². The van der Waals surface area contributed by atoms with Crippen LogP contribution in [0.5, 0.6) is 5.75 Å². The smallest absolute Gasteiger partial charge is 0.122 e. The van der Waals surface area contributed by atoms with Gasteiger partial charge in [-0.1, -0.05) is 6.92 Å². The first-order chi connectivity index (χ1) is 8.67. The molecule has 1 aromatic rings. The number of likely N-dealkylation sites (N-methyl/N-ethyl adjacent to an activating group) is 1. The molecule has 0 saturated heterocycles. The largest absolute Gasteiger partial charge is 0.492 e. The molecule has 0 fully saturated rings.